The molecule has 0 aliphatic carbocycles. The Morgan fingerprint density at radius 3 is 2.71 bits per heavy atom. The summed E-state index contributed by atoms with van der Waals surface area (Å²) >= 11 is 9.46. The molecular formula is C13H19BrClNO. The standard InChI is InChI=1S/C13H19BrClNO/c1-3-4-5-6-7-16-12-9-10(15)8-11(14)13(12)17-2/h8-9,16H,3-7H2,1-2H3. The van der Waals surface area contributed by atoms with Crippen LogP contribution in [-0.4, -0.2) is 13.7 Å². The predicted octanol–water partition coefficient (Wildman–Crippen LogP) is 5.10. The topological polar surface area (TPSA) is 21.3 Å². The Labute approximate surface area is 117 Å². The minimum Gasteiger partial charge on any atom is -0.493 e. The zero-order valence-electron chi connectivity index (χ0n) is 10.4. The normalized spacial score (nSPS) is 10.4. The van der Waals surface area contributed by atoms with Crippen LogP contribution >= 0.6 is 27.5 Å². The van der Waals surface area contributed by atoms with Crippen LogP contribution in [-0.2, 0) is 0 Å². The molecule has 1 rings (SSSR count). The van der Waals surface area contributed by atoms with Crippen molar-refractivity contribution >= 4 is 33.2 Å². The second-order valence-corrected chi connectivity index (χ2v) is 5.25. The molecule has 1 N–H and O–H groups in total. The number of nitrogens with one attached hydrogen (secondary N) is 1. The molecule has 4 heteroatoms. The predicted molar refractivity (Wildman–Crippen MR) is 78.3 cm³/mol. The van der Waals surface area contributed by atoms with E-state index >= 15 is 0 Å². The van der Waals surface area contributed by atoms with Gasteiger partial charge in [0.05, 0.1) is 17.3 Å². The Kier molecular flexibility index (Phi) is 6.75. The van der Waals surface area contributed by atoms with Crippen molar-refractivity contribution in [2.24, 2.45) is 0 Å². The van der Waals surface area contributed by atoms with Crippen molar-refractivity contribution in [2.75, 3.05) is 19.0 Å². The zero-order valence-corrected chi connectivity index (χ0v) is 12.7. The minimum absolute atomic E-state index is 0.703. The van der Waals surface area contributed by atoms with E-state index in [1.165, 1.54) is 25.7 Å². The highest BCUT2D eigenvalue weighted by Gasteiger charge is 2.08. The Balaban J connectivity index is 2.57. The van der Waals surface area contributed by atoms with Crippen LogP contribution in [0, 0.1) is 0 Å². The highest BCUT2D eigenvalue weighted by Crippen LogP contribution is 2.36. The molecule has 96 valence electrons. The first kappa shape index (κ1) is 14.7. The van der Waals surface area contributed by atoms with Gasteiger partial charge in [-0.3, -0.25) is 0 Å². The summed E-state index contributed by atoms with van der Waals surface area (Å²) in [6.45, 7) is 3.16. The lowest BCUT2D eigenvalue weighted by molar-refractivity contribution is 0.414. The van der Waals surface area contributed by atoms with Crippen molar-refractivity contribution in [2.45, 2.75) is 32.6 Å². The summed E-state index contributed by atoms with van der Waals surface area (Å²) in [5.74, 6) is 0.810. The smallest absolute Gasteiger partial charge is 0.156 e. The Hall–Kier alpha value is -0.410. The summed E-state index contributed by atoms with van der Waals surface area (Å²) in [6.07, 6.45) is 4.97. The highest BCUT2D eigenvalue weighted by molar-refractivity contribution is 9.10. The number of halogens is 2. The van der Waals surface area contributed by atoms with Gasteiger partial charge in [-0.1, -0.05) is 37.8 Å². The van der Waals surface area contributed by atoms with Gasteiger partial charge in [0.15, 0.2) is 5.75 Å². The third-order valence-electron chi connectivity index (χ3n) is 2.56. The average Bonchev–Trinajstić information content (AvgIpc) is 2.28. The van der Waals surface area contributed by atoms with Gasteiger partial charge in [-0.15, -0.1) is 0 Å². The summed E-state index contributed by atoms with van der Waals surface area (Å²) in [4.78, 5) is 0. The molecule has 0 aromatic heterocycles. The Morgan fingerprint density at radius 2 is 2.06 bits per heavy atom. The molecule has 0 saturated heterocycles. The lowest BCUT2D eigenvalue weighted by atomic mass is 10.2. The fraction of sp³-hybridized carbons (Fsp3) is 0.538. The van der Waals surface area contributed by atoms with Crippen molar-refractivity contribution in [3.05, 3.63) is 21.6 Å². The molecule has 1 aromatic carbocycles. The van der Waals surface area contributed by atoms with Gasteiger partial charge in [-0.25, -0.2) is 0 Å². The first-order valence-corrected chi connectivity index (χ1v) is 7.13. The Morgan fingerprint density at radius 1 is 1.29 bits per heavy atom. The van der Waals surface area contributed by atoms with Crippen LogP contribution in [0.25, 0.3) is 0 Å². The maximum absolute atomic E-state index is 6.02. The van der Waals surface area contributed by atoms with E-state index in [0.29, 0.717) is 5.02 Å². The van der Waals surface area contributed by atoms with E-state index in [1.54, 1.807) is 7.11 Å². The molecule has 0 fully saturated rings. The number of anilines is 1. The maximum atomic E-state index is 6.02. The van der Waals surface area contributed by atoms with Crippen LogP contribution in [0.15, 0.2) is 16.6 Å². The highest BCUT2D eigenvalue weighted by atomic mass is 79.9. The Bertz CT molecular complexity index is 358. The van der Waals surface area contributed by atoms with Crippen LogP contribution in [0.1, 0.15) is 32.6 Å². The number of benzene rings is 1. The molecule has 0 amide bonds. The summed E-state index contributed by atoms with van der Waals surface area (Å²) in [7, 11) is 1.66. The van der Waals surface area contributed by atoms with E-state index in [9.17, 15) is 0 Å². The van der Waals surface area contributed by atoms with Gasteiger partial charge in [-0.2, -0.15) is 0 Å². The molecule has 0 radical (unpaired) electrons. The van der Waals surface area contributed by atoms with E-state index in [-0.39, 0.29) is 0 Å². The van der Waals surface area contributed by atoms with Crippen LogP contribution < -0.4 is 10.1 Å². The third-order valence-corrected chi connectivity index (χ3v) is 3.37. The molecule has 2 nitrogen and oxygen atoms in total. The van der Waals surface area contributed by atoms with Crippen LogP contribution in [0.5, 0.6) is 5.75 Å². The monoisotopic (exact) mass is 319 g/mol. The van der Waals surface area contributed by atoms with Gasteiger partial charge >= 0.3 is 0 Å². The third kappa shape index (κ3) is 4.76. The molecule has 0 saturated carbocycles. The number of hydrogen-bond acceptors (Lipinski definition) is 2. The molecular weight excluding hydrogens is 302 g/mol. The lowest BCUT2D eigenvalue weighted by Crippen LogP contribution is -2.03. The van der Waals surface area contributed by atoms with Crippen molar-refractivity contribution in [1.82, 2.24) is 0 Å². The fourth-order valence-corrected chi connectivity index (χ4v) is 2.65. The van der Waals surface area contributed by atoms with Gasteiger partial charge in [0.2, 0.25) is 0 Å². The second-order valence-electron chi connectivity index (χ2n) is 3.96. The number of rotatable bonds is 7. The van der Waals surface area contributed by atoms with Crippen molar-refractivity contribution in [3.63, 3.8) is 0 Å². The van der Waals surface area contributed by atoms with Gasteiger partial charge in [-0.05, 0) is 34.5 Å². The fourth-order valence-electron chi connectivity index (χ4n) is 1.67. The second kappa shape index (κ2) is 7.83. The van der Waals surface area contributed by atoms with E-state index in [2.05, 4.69) is 28.2 Å². The first-order valence-electron chi connectivity index (χ1n) is 5.96. The molecule has 0 aliphatic heterocycles. The zero-order chi connectivity index (χ0) is 12.7. The maximum Gasteiger partial charge on any atom is 0.156 e. The first-order chi connectivity index (χ1) is 8.19. The van der Waals surface area contributed by atoms with E-state index < -0.39 is 0 Å². The van der Waals surface area contributed by atoms with Gasteiger partial charge < -0.3 is 10.1 Å². The number of hydrogen-bond donors (Lipinski definition) is 1. The van der Waals surface area contributed by atoms with Crippen LogP contribution in [0.3, 0.4) is 0 Å². The molecule has 0 heterocycles. The SMILES string of the molecule is CCCCCCNc1cc(Cl)cc(Br)c1OC. The molecule has 0 spiro atoms. The molecule has 0 aliphatic rings. The van der Waals surface area contributed by atoms with E-state index in [1.807, 2.05) is 12.1 Å². The van der Waals surface area contributed by atoms with Gasteiger partial charge in [0.1, 0.15) is 0 Å². The summed E-state index contributed by atoms with van der Waals surface area (Å²) in [5, 5.41) is 4.07. The number of unbranched alkanes of at least 4 members (excludes halogenated alkanes) is 3. The van der Waals surface area contributed by atoms with Gasteiger partial charge in [0.25, 0.3) is 0 Å². The van der Waals surface area contributed by atoms with Crippen LogP contribution in [0.4, 0.5) is 5.69 Å². The summed E-state index contributed by atoms with van der Waals surface area (Å²) < 4.78 is 6.22. The average molecular weight is 321 g/mol. The molecule has 0 unspecified atom stereocenters. The van der Waals surface area contributed by atoms with Crippen molar-refractivity contribution < 1.29 is 4.74 Å². The quantitative estimate of drug-likeness (QED) is 0.705. The van der Waals surface area contributed by atoms with E-state index in [4.69, 9.17) is 16.3 Å². The van der Waals surface area contributed by atoms with Crippen molar-refractivity contribution in [3.8, 4) is 5.75 Å². The lowest BCUT2D eigenvalue weighted by Gasteiger charge is -2.13. The van der Waals surface area contributed by atoms with Crippen LogP contribution in [0.2, 0.25) is 5.02 Å². The molecule has 17 heavy (non-hydrogen) atoms. The molecule has 0 bridgehead atoms. The molecule has 1 aromatic rings. The number of methoxy groups -OCH3 is 1. The van der Waals surface area contributed by atoms with Crippen molar-refractivity contribution in [1.29, 1.82) is 0 Å². The molecule has 0 atom stereocenters. The minimum atomic E-state index is 0.703. The summed E-state index contributed by atoms with van der Waals surface area (Å²) in [5.41, 5.74) is 0.948. The van der Waals surface area contributed by atoms with E-state index in [0.717, 1.165) is 22.5 Å². The largest absolute Gasteiger partial charge is 0.493 e. The number of ether oxygens (including phenoxy) is 1. The van der Waals surface area contributed by atoms with Gasteiger partial charge in [0, 0.05) is 11.6 Å². The summed E-state index contributed by atoms with van der Waals surface area (Å²) in [6, 6.07) is 3.73.